The van der Waals surface area contributed by atoms with Crippen LogP contribution in [0.2, 0.25) is 0 Å². The molecule has 1 aromatic heterocycles. The van der Waals surface area contributed by atoms with Gasteiger partial charge >= 0.3 is 0 Å². The van der Waals surface area contributed by atoms with Gasteiger partial charge in [0, 0.05) is 12.2 Å². The highest BCUT2D eigenvalue weighted by Gasteiger charge is 2.09. The fourth-order valence-electron chi connectivity index (χ4n) is 0.852. The van der Waals surface area contributed by atoms with Crippen molar-refractivity contribution in [2.24, 2.45) is 5.73 Å². The zero-order valence-electron chi connectivity index (χ0n) is 6.30. The lowest BCUT2D eigenvalue weighted by Crippen LogP contribution is -2.04. The molecular formula is C7H9F2N3. The van der Waals surface area contributed by atoms with Gasteiger partial charge in [0.05, 0.1) is 5.69 Å². The molecule has 0 spiro atoms. The summed E-state index contributed by atoms with van der Waals surface area (Å²) in [5.74, 6) is 0. The quantitative estimate of drug-likeness (QED) is 0.702. The van der Waals surface area contributed by atoms with Crippen molar-refractivity contribution in [3.8, 4) is 0 Å². The van der Waals surface area contributed by atoms with Crippen molar-refractivity contribution in [3.63, 3.8) is 0 Å². The molecule has 0 aromatic carbocycles. The maximum absolute atomic E-state index is 12.1. The van der Waals surface area contributed by atoms with Gasteiger partial charge in [-0.05, 0) is 12.1 Å². The van der Waals surface area contributed by atoms with E-state index >= 15 is 0 Å². The first-order valence-corrected chi connectivity index (χ1v) is 3.38. The van der Waals surface area contributed by atoms with E-state index in [1.807, 2.05) is 0 Å². The Hall–Kier alpha value is -1.23. The lowest BCUT2D eigenvalue weighted by Gasteiger charge is -2.03. The second-order valence-corrected chi connectivity index (χ2v) is 2.32. The average molecular weight is 173 g/mol. The van der Waals surface area contributed by atoms with Gasteiger partial charge in [-0.1, -0.05) is 0 Å². The van der Waals surface area contributed by atoms with Crippen molar-refractivity contribution >= 4 is 5.69 Å². The van der Waals surface area contributed by atoms with Gasteiger partial charge in [-0.25, -0.2) is 8.78 Å². The number of nitrogens with two attached hydrogens (primary N) is 2. The number of hydrogen-bond donors (Lipinski definition) is 2. The van der Waals surface area contributed by atoms with E-state index in [4.69, 9.17) is 11.5 Å². The summed E-state index contributed by atoms with van der Waals surface area (Å²) in [5, 5.41) is 0. The highest BCUT2D eigenvalue weighted by Crippen LogP contribution is 2.19. The fourth-order valence-corrected chi connectivity index (χ4v) is 0.852. The number of halogens is 2. The monoisotopic (exact) mass is 173 g/mol. The zero-order chi connectivity index (χ0) is 9.14. The van der Waals surface area contributed by atoms with Crippen LogP contribution in [0.3, 0.4) is 0 Å². The van der Waals surface area contributed by atoms with E-state index < -0.39 is 6.43 Å². The third-order valence-corrected chi connectivity index (χ3v) is 1.35. The summed E-state index contributed by atoms with van der Waals surface area (Å²) in [5.41, 5.74) is 10.9. The summed E-state index contributed by atoms with van der Waals surface area (Å²) in [6, 6.07) is 2.62. The van der Waals surface area contributed by atoms with Crippen molar-refractivity contribution in [2.75, 3.05) is 5.73 Å². The van der Waals surface area contributed by atoms with Gasteiger partial charge in [-0.3, -0.25) is 4.98 Å². The van der Waals surface area contributed by atoms with Crippen LogP contribution in [0.1, 0.15) is 17.8 Å². The Kier molecular flexibility index (Phi) is 2.54. The number of aromatic nitrogens is 1. The first-order valence-electron chi connectivity index (χ1n) is 3.38. The number of pyridine rings is 1. The van der Waals surface area contributed by atoms with Gasteiger partial charge in [0.1, 0.15) is 5.69 Å². The van der Waals surface area contributed by atoms with E-state index in [0.29, 0.717) is 5.69 Å². The Labute approximate surface area is 68.4 Å². The largest absolute Gasteiger partial charge is 0.399 e. The van der Waals surface area contributed by atoms with Crippen LogP contribution in [0, 0.1) is 0 Å². The first-order chi connectivity index (χ1) is 5.63. The van der Waals surface area contributed by atoms with Crippen molar-refractivity contribution in [2.45, 2.75) is 13.0 Å². The summed E-state index contributed by atoms with van der Waals surface area (Å²) in [6.45, 7) is 0.116. The minimum absolute atomic E-state index is 0.116. The smallest absolute Gasteiger partial charge is 0.280 e. The molecule has 3 nitrogen and oxygen atoms in total. The van der Waals surface area contributed by atoms with Gasteiger partial charge in [-0.2, -0.15) is 0 Å². The molecule has 1 heterocycles. The molecule has 0 aliphatic heterocycles. The normalized spacial score (nSPS) is 10.7. The van der Waals surface area contributed by atoms with Gasteiger partial charge < -0.3 is 11.5 Å². The molecule has 0 saturated carbocycles. The maximum Gasteiger partial charge on any atom is 0.280 e. The summed E-state index contributed by atoms with van der Waals surface area (Å²) < 4.78 is 24.2. The number of hydrogen-bond acceptors (Lipinski definition) is 3. The molecule has 0 atom stereocenters. The second-order valence-electron chi connectivity index (χ2n) is 2.32. The van der Waals surface area contributed by atoms with E-state index in [9.17, 15) is 8.78 Å². The first kappa shape index (κ1) is 8.86. The Balaban J connectivity index is 3.06. The molecular weight excluding hydrogens is 164 g/mol. The molecule has 1 aromatic rings. The minimum atomic E-state index is -2.60. The van der Waals surface area contributed by atoms with Gasteiger partial charge in [0.2, 0.25) is 0 Å². The molecule has 0 bridgehead atoms. The van der Waals surface area contributed by atoms with Gasteiger partial charge in [0.15, 0.2) is 0 Å². The lowest BCUT2D eigenvalue weighted by molar-refractivity contribution is 0.146. The third-order valence-electron chi connectivity index (χ3n) is 1.35. The molecule has 4 N–H and O–H groups in total. The van der Waals surface area contributed by atoms with Crippen LogP contribution < -0.4 is 11.5 Å². The standard InChI is InChI=1S/C7H9F2N3/c8-7(9)6-2-4(11)1-5(3-10)12-6/h1-2,7H,3,10H2,(H2,11,12). The second kappa shape index (κ2) is 3.44. The van der Waals surface area contributed by atoms with Crippen molar-refractivity contribution < 1.29 is 8.78 Å². The zero-order valence-corrected chi connectivity index (χ0v) is 6.30. The van der Waals surface area contributed by atoms with E-state index in [1.54, 1.807) is 0 Å². The van der Waals surface area contributed by atoms with Crippen LogP contribution in [-0.2, 0) is 6.54 Å². The minimum Gasteiger partial charge on any atom is -0.399 e. The molecule has 0 unspecified atom stereocenters. The Bertz CT molecular complexity index is 275. The van der Waals surface area contributed by atoms with Crippen molar-refractivity contribution in [1.29, 1.82) is 0 Å². The molecule has 0 radical (unpaired) electrons. The van der Waals surface area contributed by atoms with E-state index in [-0.39, 0.29) is 17.9 Å². The number of alkyl halides is 2. The van der Waals surface area contributed by atoms with E-state index in [1.165, 1.54) is 6.07 Å². The van der Waals surface area contributed by atoms with Crippen LogP contribution in [0.4, 0.5) is 14.5 Å². The van der Waals surface area contributed by atoms with Gasteiger partial charge in [-0.15, -0.1) is 0 Å². The summed E-state index contributed by atoms with van der Waals surface area (Å²) >= 11 is 0. The third kappa shape index (κ3) is 1.88. The molecule has 0 saturated heterocycles. The fraction of sp³-hybridized carbons (Fsp3) is 0.286. The van der Waals surface area contributed by atoms with Crippen molar-refractivity contribution in [1.82, 2.24) is 4.98 Å². The molecule has 0 amide bonds. The van der Waals surface area contributed by atoms with Crippen LogP contribution in [-0.4, -0.2) is 4.98 Å². The Morgan fingerprint density at radius 1 is 1.42 bits per heavy atom. The van der Waals surface area contributed by atoms with Crippen LogP contribution in [0.25, 0.3) is 0 Å². The molecule has 5 heteroatoms. The lowest BCUT2D eigenvalue weighted by atomic mass is 10.2. The highest BCUT2D eigenvalue weighted by molar-refractivity contribution is 5.40. The Morgan fingerprint density at radius 2 is 2.08 bits per heavy atom. The topological polar surface area (TPSA) is 64.9 Å². The number of rotatable bonds is 2. The average Bonchev–Trinajstić information content (AvgIpc) is 2.03. The van der Waals surface area contributed by atoms with Crippen molar-refractivity contribution in [3.05, 3.63) is 23.5 Å². The number of nitrogens with zero attached hydrogens (tertiary/aromatic N) is 1. The van der Waals surface area contributed by atoms with E-state index in [2.05, 4.69) is 4.98 Å². The molecule has 0 fully saturated rings. The summed E-state index contributed by atoms with van der Waals surface area (Å²) in [6.07, 6.45) is -2.60. The predicted molar refractivity (Wildman–Crippen MR) is 41.5 cm³/mol. The van der Waals surface area contributed by atoms with Crippen LogP contribution in [0.5, 0.6) is 0 Å². The maximum atomic E-state index is 12.1. The molecule has 1 rings (SSSR count). The van der Waals surface area contributed by atoms with Crippen LogP contribution >= 0.6 is 0 Å². The summed E-state index contributed by atoms with van der Waals surface area (Å²) in [7, 11) is 0. The molecule has 66 valence electrons. The molecule has 12 heavy (non-hydrogen) atoms. The predicted octanol–water partition coefficient (Wildman–Crippen LogP) is 1.06. The Morgan fingerprint density at radius 3 is 2.58 bits per heavy atom. The highest BCUT2D eigenvalue weighted by atomic mass is 19.3. The van der Waals surface area contributed by atoms with Gasteiger partial charge in [0.25, 0.3) is 6.43 Å². The molecule has 0 aliphatic rings. The van der Waals surface area contributed by atoms with Crippen LogP contribution in [0.15, 0.2) is 12.1 Å². The SMILES string of the molecule is NCc1cc(N)cc(C(F)F)n1. The number of anilines is 1. The molecule has 0 aliphatic carbocycles. The number of nitrogen functional groups attached to an aromatic ring is 1. The van der Waals surface area contributed by atoms with E-state index in [0.717, 1.165) is 6.07 Å². The summed E-state index contributed by atoms with van der Waals surface area (Å²) in [4.78, 5) is 3.60.